The van der Waals surface area contributed by atoms with E-state index in [0.29, 0.717) is 10.7 Å². The lowest BCUT2D eigenvalue weighted by Gasteiger charge is -2.13. The van der Waals surface area contributed by atoms with Crippen LogP contribution in [0.1, 0.15) is 5.56 Å². The molecule has 0 atom stereocenters. The van der Waals surface area contributed by atoms with E-state index in [1.165, 1.54) is 0 Å². The summed E-state index contributed by atoms with van der Waals surface area (Å²) in [7, 11) is 0. The predicted molar refractivity (Wildman–Crippen MR) is 90.7 cm³/mol. The molecule has 0 fully saturated rings. The summed E-state index contributed by atoms with van der Waals surface area (Å²) in [6, 6.07) is 9.81. The number of rotatable bonds is 2. The average Bonchev–Trinajstić information content (AvgIpc) is 2.30. The zero-order valence-electron chi connectivity index (χ0n) is 9.60. The second-order valence-electron chi connectivity index (χ2n) is 3.94. The first-order valence-electron chi connectivity index (χ1n) is 5.25. The number of halogens is 3. The molecule has 0 unspecified atom stereocenters. The van der Waals surface area contributed by atoms with Gasteiger partial charge in [0.2, 0.25) is 0 Å². The van der Waals surface area contributed by atoms with Crippen molar-refractivity contribution in [1.82, 2.24) is 0 Å². The maximum Gasteiger partial charge on any atom is 0.0656 e. The number of nitrogens with one attached hydrogen (secondary N) is 1. The first kappa shape index (κ1) is 14.0. The maximum absolute atomic E-state index is 6.05. The van der Waals surface area contributed by atoms with Gasteiger partial charge >= 0.3 is 0 Å². The number of anilines is 3. The fourth-order valence-corrected chi connectivity index (χ4v) is 2.57. The van der Waals surface area contributed by atoms with Gasteiger partial charge in [0.15, 0.2) is 0 Å². The lowest BCUT2D eigenvalue weighted by Crippen LogP contribution is -1.97. The Labute approximate surface area is 133 Å². The van der Waals surface area contributed by atoms with Crippen molar-refractivity contribution >= 4 is 67.2 Å². The van der Waals surface area contributed by atoms with Gasteiger partial charge in [0.05, 0.1) is 16.4 Å². The van der Waals surface area contributed by atoms with E-state index in [-0.39, 0.29) is 0 Å². The first-order chi connectivity index (χ1) is 8.47. The van der Waals surface area contributed by atoms with Gasteiger partial charge in [-0.25, -0.2) is 0 Å². The molecule has 0 saturated heterocycles. The minimum atomic E-state index is 0.563. The molecule has 18 heavy (non-hydrogen) atoms. The van der Waals surface area contributed by atoms with Crippen molar-refractivity contribution in [3.8, 4) is 0 Å². The Bertz CT molecular complexity index is 602. The van der Waals surface area contributed by atoms with Crippen molar-refractivity contribution in [2.24, 2.45) is 0 Å². The highest BCUT2D eigenvalue weighted by atomic mass is 127. The summed E-state index contributed by atoms with van der Waals surface area (Å²) >= 11 is 11.8. The standard InChI is InChI=1S/C13H11BrClIN2/c1-7-4-11(17)9(15)6-12(7)18-13-5-8(14)2-3-10(13)16/h2-6,18H,17H2,1H3. The van der Waals surface area contributed by atoms with Gasteiger partial charge in [0.25, 0.3) is 0 Å². The summed E-state index contributed by atoms with van der Waals surface area (Å²) < 4.78 is 2.17. The molecular weight excluding hydrogens is 426 g/mol. The van der Waals surface area contributed by atoms with Crippen molar-refractivity contribution in [3.05, 3.63) is 49.0 Å². The lowest BCUT2D eigenvalue weighted by atomic mass is 10.1. The molecule has 2 rings (SSSR count). The monoisotopic (exact) mass is 436 g/mol. The number of nitrogen functional groups attached to an aromatic ring is 1. The summed E-state index contributed by atoms with van der Waals surface area (Å²) in [4.78, 5) is 0. The molecule has 3 N–H and O–H groups in total. The molecular formula is C13H11BrClIN2. The normalized spacial score (nSPS) is 10.4. The van der Waals surface area contributed by atoms with Crippen molar-refractivity contribution in [1.29, 1.82) is 0 Å². The average molecular weight is 438 g/mol. The van der Waals surface area contributed by atoms with Crippen LogP contribution in [-0.4, -0.2) is 0 Å². The number of hydrogen-bond acceptors (Lipinski definition) is 2. The van der Waals surface area contributed by atoms with E-state index < -0.39 is 0 Å². The Morgan fingerprint density at radius 3 is 2.67 bits per heavy atom. The van der Waals surface area contributed by atoms with Gasteiger partial charge in [-0.2, -0.15) is 0 Å². The van der Waals surface area contributed by atoms with Crippen LogP contribution in [0.3, 0.4) is 0 Å². The molecule has 2 aromatic rings. The first-order valence-corrected chi connectivity index (χ1v) is 7.50. The molecule has 2 nitrogen and oxygen atoms in total. The van der Waals surface area contributed by atoms with Crippen LogP contribution in [0.4, 0.5) is 17.1 Å². The number of benzene rings is 2. The van der Waals surface area contributed by atoms with Crippen molar-refractivity contribution in [2.45, 2.75) is 6.92 Å². The SMILES string of the molecule is Cc1cc(N)c(Cl)cc1Nc1cc(Br)ccc1I. The molecule has 0 aliphatic rings. The molecule has 2 aromatic carbocycles. The Morgan fingerprint density at radius 2 is 1.94 bits per heavy atom. The van der Waals surface area contributed by atoms with Gasteiger partial charge in [-0.05, 0) is 65.4 Å². The van der Waals surface area contributed by atoms with E-state index in [0.717, 1.165) is 25.0 Å². The van der Waals surface area contributed by atoms with E-state index in [2.05, 4.69) is 43.8 Å². The Balaban J connectivity index is 2.40. The number of nitrogens with two attached hydrogens (primary N) is 1. The summed E-state index contributed by atoms with van der Waals surface area (Å²) in [6.45, 7) is 2.00. The van der Waals surface area contributed by atoms with Crippen molar-refractivity contribution < 1.29 is 0 Å². The minimum absolute atomic E-state index is 0.563. The molecule has 0 amide bonds. The second-order valence-corrected chi connectivity index (χ2v) is 6.42. The van der Waals surface area contributed by atoms with Gasteiger partial charge < -0.3 is 11.1 Å². The molecule has 5 heteroatoms. The minimum Gasteiger partial charge on any atom is -0.398 e. The van der Waals surface area contributed by atoms with Gasteiger partial charge in [-0.1, -0.05) is 27.5 Å². The fourth-order valence-electron chi connectivity index (χ4n) is 1.58. The van der Waals surface area contributed by atoms with Crippen LogP contribution in [0.15, 0.2) is 34.8 Å². The molecule has 0 aliphatic heterocycles. The summed E-state index contributed by atoms with van der Waals surface area (Å²) in [6.07, 6.45) is 0. The molecule has 0 heterocycles. The van der Waals surface area contributed by atoms with Crippen molar-refractivity contribution in [3.63, 3.8) is 0 Å². The molecule has 0 spiro atoms. The van der Waals surface area contributed by atoms with Gasteiger partial charge in [-0.3, -0.25) is 0 Å². The van der Waals surface area contributed by atoms with Crippen LogP contribution in [-0.2, 0) is 0 Å². The summed E-state index contributed by atoms with van der Waals surface area (Å²) in [5.41, 5.74) is 9.43. The largest absolute Gasteiger partial charge is 0.398 e. The highest BCUT2D eigenvalue weighted by Gasteiger charge is 2.06. The molecule has 94 valence electrons. The van der Waals surface area contributed by atoms with Crippen LogP contribution >= 0.6 is 50.1 Å². The van der Waals surface area contributed by atoms with E-state index in [4.69, 9.17) is 17.3 Å². The Morgan fingerprint density at radius 1 is 1.22 bits per heavy atom. The molecule has 0 aromatic heterocycles. The maximum atomic E-state index is 6.05. The van der Waals surface area contributed by atoms with Crippen LogP contribution in [0, 0.1) is 10.5 Å². The molecule has 0 saturated carbocycles. The Hall–Kier alpha value is -0.460. The van der Waals surface area contributed by atoms with Crippen LogP contribution in [0.5, 0.6) is 0 Å². The van der Waals surface area contributed by atoms with E-state index in [1.807, 2.05) is 37.3 Å². The quantitative estimate of drug-likeness (QED) is 0.492. The summed E-state index contributed by atoms with van der Waals surface area (Å²) in [5, 5.41) is 3.93. The highest BCUT2D eigenvalue weighted by molar-refractivity contribution is 14.1. The topological polar surface area (TPSA) is 38.0 Å². The third-order valence-corrected chi connectivity index (χ3v) is 4.30. The van der Waals surface area contributed by atoms with Gasteiger partial charge in [0, 0.05) is 13.7 Å². The molecule has 0 bridgehead atoms. The Kier molecular flexibility index (Phi) is 4.40. The third-order valence-electron chi connectivity index (χ3n) is 2.54. The second kappa shape index (κ2) is 5.67. The third kappa shape index (κ3) is 3.10. The molecule has 0 aliphatic carbocycles. The highest BCUT2D eigenvalue weighted by Crippen LogP contribution is 2.31. The predicted octanol–water partition coefficient (Wildman–Crippen LogP) is 5.34. The van der Waals surface area contributed by atoms with Crippen LogP contribution in [0.2, 0.25) is 5.02 Å². The van der Waals surface area contributed by atoms with E-state index in [1.54, 1.807) is 0 Å². The van der Waals surface area contributed by atoms with Crippen LogP contribution in [0.25, 0.3) is 0 Å². The zero-order valence-corrected chi connectivity index (χ0v) is 14.1. The zero-order chi connectivity index (χ0) is 13.3. The number of aryl methyl sites for hydroxylation is 1. The number of hydrogen-bond donors (Lipinski definition) is 2. The summed E-state index contributed by atoms with van der Waals surface area (Å²) in [5.74, 6) is 0. The molecule has 0 radical (unpaired) electrons. The smallest absolute Gasteiger partial charge is 0.0656 e. The van der Waals surface area contributed by atoms with Crippen molar-refractivity contribution in [2.75, 3.05) is 11.1 Å². The fraction of sp³-hybridized carbons (Fsp3) is 0.0769. The van der Waals surface area contributed by atoms with E-state index >= 15 is 0 Å². The van der Waals surface area contributed by atoms with E-state index in [9.17, 15) is 0 Å². The van der Waals surface area contributed by atoms with Gasteiger partial charge in [-0.15, -0.1) is 0 Å². The lowest BCUT2D eigenvalue weighted by molar-refractivity contribution is 1.42. The van der Waals surface area contributed by atoms with Gasteiger partial charge in [0.1, 0.15) is 0 Å². The van der Waals surface area contributed by atoms with Crippen LogP contribution < -0.4 is 11.1 Å².